The molecule has 0 spiro atoms. The lowest BCUT2D eigenvalue weighted by atomic mass is 10.1. The van der Waals surface area contributed by atoms with Gasteiger partial charge in [-0.25, -0.2) is 15.0 Å². The Hall–Kier alpha value is -2.00. The molecule has 3 rings (SSSR count). The molecule has 1 aromatic carbocycles. The Morgan fingerprint density at radius 2 is 1.81 bits per heavy atom. The zero-order valence-corrected chi connectivity index (χ0v) is 13.1. The van der Waals surface area contributed by atoms with Gasteiger partial charge in [-0.1, -0.05) is 36.7 Å². The van der Waals surface area contributed by atoms with Crippen molar-refractivity contribution in [2.75, 3.05) is 0 Å². The van der Waals surface area contributed by atoms with E-state index in [0.717, 1.165) is 39.8 Å². The first-order valence-electron chi connectivity index (χ1n) is 7.00. The molecule has 0 fully saturated rings. The van der Waals surface area contributed by atoms with E-state index in [1.54, 1.807) is 0 Å². The summed E-state index contributed by atoms with van der Waals surface area (Å²) in [6.07, 6.45) is 0.828. The van der Waals surface area contributed by atoms with E-state index in [-0.39, 0.29) is 0 Å². The topological polar surface area (TPSA) is 38.7 Å². The number of pyridine rings is 1. The molecule has 0 aliphatic rings. The van der Waals surface area contributed by atoms with Gasteiger partial charge in [0.15, 0.2) is 5.82 Å². The number of aromatic nitrogens is 3. The lowest BCUT2D eigenvalue weighted by Crippen LogP contribution is -2.01. The van der Waals surface area contributed by atoms with Crippen LogP contribution in [-0.2, 0) is 6.42 Å². The van der Waals surface area contributed by atoms with Gasteiger partial charge in [-0.3, -0.25) is 0 Å². The van der Waals surface area contributed by atoms with Crippen molar-refractivity contribution in [1.29, 1.82) is 0 Å². The molecule has 0 radical (unpaired) electrons. The fourth-order valence-electron chi connectivity index (χ4n) is 2.54. The van der Waals surface area contributed by atoms with Gasteiger partial charge in [0.2, 0.25) is 0 Å². The maximum atomic E-state index is 6.26. The Balaban J connectivity index is 2.21. The van der Waals surface area contributed by atoms with Crippen LogP contribution in [0.4, 0.5) is 0 Å². The highest BCUT2D eigenvalue weighted by molar-refractivity contribution is 6.30. The molecule has 0 saturated heterocycles. The van der Waals surface area contributed by atoms with Gasteiger partial charge in [-0.15, -0.1) is 0 Å². The van der Waals surface area contributed by atoms with Gasteiger partial charge in [0.25, 0.3) is 0 Å². The first-order chi connectivity index (χ1) is 10.1. The van der Waals surface area contributed by atoms with Crippen molar-refractivity contribution in [3.05, 3.63) is 52.3 Å². The fourth-order valence-corrected chi connectivity index (χ4v) is 2.89. The van der Waals surface area contributed by atoms with E-state index in [4.69, 9.17) is 11.6 Å². The second-order valence-electron chi connectivity index (χ2n) is 5.10. The number of hydrogen-bond donors (Lipinski definition) is 0. The molecule has 0 unspecified atom stereocenters. The van der Waals surface area contributed by atoms with Gasteiger partial charge in [0, 0.05) is 16.6 Å². The molecule has 21 heavy (non-hydrogen) atoms. The largest absolute Gasteiger partial charge is 0.244 e. The fraction of sp³-hybridized carbons (Fsp3) is 0.235. The summed E-state index contributed by atoms with van der Waals surface area (Å²) in [5.74, 6) is 0.587. The predicted molar refractivity (Wildman–Crippen MR) is 86.6 cm³/mol. The van der Waals surface area contributed by atoms with Crippen LogP contribution in [0.2, 0.25) is 5.15 Å². The van der Waals surface area contributed by atoms with Crippen LogP contribution in [0.15, 0.2) is 30.3 Å². The van der Waals surface area contributed by atoms with Crippen molar-refractivity contribution < 1.29 is 0 Å². The summed E-state index contributed by atoms with van der Waals surface area (Å²) in [6, 6.07) is 10.1. The van der Waals surface area contributed by atoms with Crippen molar-refractivity contribution >= 4 is 22.5 Å². The Morgan fingerprint density at radius 3 is 2.52 bits per heavy atom. The van der Waals surface area contributed by atoms with E-state index < -0.39 is 0 Å². The zero-order chi connectivity index (χ0) is 15.0. The summed E-state index contributed by atoms with van der Waals surface area (Å²) in [5, 5.41) is 1.67. The second-order valence-corrected chi connectivity index (χ2v) is 5.46. The highest BCUT2D eigenvalue weighted by atomic mass is 35.5. The van der Waals surface area contributed by atoms with Gasteiger partial charge >= 0.3 is 0 Å². The van der Waals surface area contributed by atoms with Crippen LogP contribution < -0.4 is 0 Å². The molecule has 0 bridgehead atoms. The number of hydrogen-bond acceptors (Lipinski definition) is 3. The van der Waals surface area contributed by atoms with Gasteiger partial charge in [-0.2, -0.15) is 0 Å². The summed E-state index contributed by atoms with van der Waals surface area (Å²) in [4.78, 5) is 13.6. The molecule has 2 heterocycles. The first kappa shape index (κ1) is 14.0. The predicted octanol–water partition coefficient (Wildman–Crippen LogP) is 4.52. The molecule has 0 N–H and O–H groups in total. The van der Waals surface area contributed by atoms with Gasteiger partial charge in [0.1, 0.15) is 10.8 Å². The van der Waals surface area contributed by atoms with Gasteiger partial charge in [-0.05, 0) is 38.0 Å². The zero-order valence-electron chi connectivity index (χ0n) is 12.3. The quantitative estimate of drug-likeness (QED) is 0.653. The maximum Gasteiger partial charge on any atom is 0.179 e. The number of nitrogens with zero attached hydrogens (tertiary/aromatic N) is 3. The minimum atomic E-state index is 0.521. The van der Waals surface area contributed by atoms with Crippen LogP contribution >= 0.6 is 11.6 Å². The molecular formula is C17H16ClN3. The first-order valence-corrected chi connectivity index (χ1v) is 7.37. The molecular weight excluding hydrogens is 282 g/mol. The van der Waals surface area contributed by atoms with E-state index in [2.05, 4.69) is 34.9 Å². The molecule has 0 atom stereocenters. The summed E-state index contributed by atoms with van der Waals surface area (Å²) < 4.78 is 0. The van der Waals surface area contributed by atoms with Gasteiger partial charge < -0.3 is 0 Å². The molecule has 3 nitrogen and oxygen atoms in total. The lowest BCUT2D eigenvalue weighted by molar-refractivity contribution is 0.996. The Labute approximate surface area is 129 Å². The molecule has 4 heteroatoms. The van der Waals surface area contributed by atoms with Crippen molar-refractivity contribution in [3.63, 3.8) is 0 Å². The molecule has 0 saturated carbocycles. The van der Waals surface area contributed by atoms with E-state index in [1.807, 2.05) is 31.2 Å². The third kappa shape index (κ3) is 2.49. The highest BCUT2D eigenvalue weighted by Gasteiger charge is 2.12. The van der Waals surface area contributed by atoms with Crippen LogP contribution in [0.1, 0.15) is 23.7 Å². The number of benzene rings is 1. The Bertz CT molecular complexity index is 804. The van der Waals surface area contributed by atoms with E-state index in [1.165, 1.54) is 0 Å². The van der Waals surface area contributed by atoms with E-state index >= 15 is 0 Å². The standard InChI is InChI=1S/C17H16ClN3/c1-4-12-11(3)19-17(21-16(12)18)15-9-10(2)13-7-5-6-8-14(13)20-15/h5-9H,4H2,1-3H3. The van der Waals surface area contributed by atoms with E-state index in [9.17, 15) is 0 Å². The molecule has 0 amide bonds. The summed E-state index contributed by atoms with van der Waals surface area (Å²) in [7, 11) is 0. The minimum Gasteiger partial charge on any atom is -0.244 e. The van der Waals surface area contributed by atoms with Crippen LogP contribution in [0.3, 0.4) is 0 Å². The van der Waals surface area contributed by atoms with Crippen molar-refractivity contribution in [3.8, 4) is 11.5 Å². The molecule has 0 aliphatic heterocycles. The summed E-state index contributed by atoms with van der Waals surface area (Å²) in [6.45, 7) is 6.09. The smallest absolute Gasteiger partial charge is 0.179 e. The lowest BCUT2D eigenvalue weighted by Gasteiger charge is -2.09. The molecule has 3 aromatic rings. The summed E-state index contributed by atoms with van der Waals surface area (Å²) in [5.41, 5.74) is 4.79. The second kappa shape index (κ2) is 5.41. The number of para-hydroxylation sites is 1. The third-order valence-corrected chi connectivity index (χ3v) is 3.98. The maximum absolute atomic E-state index is 6.26. The molecule has 106 valence electrons. The Morgan fingerprint density at radius 1 is 1.05 bits per heavy atom. The number of aryl methyl sites for hydroxylation is 2. The molecule has 2 aromatic heterocycles. The molecule has 0 aliphatic carbocycles. The summed E-state index contributed by atoms with van der Waals surface area (Å²) >= 11 is 6.26. The average molecular weight is 298 g/mol. The third-order valence-electron chi connectivity index (χ3n) is 3.67. The average Bonchev–Trinajstić information content (AvgIpc) is 2.47. The highest BCUT2D eigenvalue weighted by Crippen LogP contribution is 2.25. The van der Waals surface area contributed by atoms with Crippen molar-refractivity contribution in [1.82, 2.24) is 15.0 Å². The monoisotopic (exact) mass is 297 g/mol. The van der Waals surface area contributed by atoms with Crippen molar-refractivity contribution in [2.45, 2.75) is 27.2 Å². The Kier molecular flexibility index (Phi) is 3.60. The van der Waals surface area contributed by atoms with Gasteiger partial charge in [0.05, 0.1) is 5.52 Å². The van der Waals surface area contributed by atoms with Crippen LogP contribution in [0.25, 0.3) is 22.4 Å². The SMILES string of the molecule is CCc1c(C)nc(-c2cc(C)c3ccccc3n2)nc1Cl. The number of rotatable bonds is 2. The number of halogens is 1. The normalized spacial score (nSPS) is 11.0. The van der Waals surface area contributed by atoms with Crippen LogP contribution in [-0.4, -0.2) is 15.0 Å². The van der Waals surface area contributed by atoms with Crippen LogP contribution in [0, 0.1) is 13.8 Å². The van der Waals surface area contributed by atoms with Crippen molar-refractivity contribution in [2.24, 2.45) is 0 Å². The number of fused-ring (bicyclic) bond motifs is 1. The van der Waals surface area contributed by atoms with Crippen LogP contribution in [0.5, 0.6) is 0 Å². The minimum absolute atomic E-state index is 0.521. The van der Waals surface area contributed by atoms with E-state index in [0.29, 0.717) is 11.0 Å².